The molecule has 1 saturated carbocycles. The van der Waals surface area contributed by atoms with Crippen LogP contribution in [0.1, 0.15) is 43.1 Å². The molecule has 3 saturated heterocycles. The van der Waals surface area contributed by atoms with E-state index in [4.69, 9.17) is 8.97 Å². The van der Waals surface area contributed by atoms with Crippen LogP contribution >= 0.6 is 0 Å². The number of carbonyl (C=O) groups is 2. The van der Waals surface area contributed by atoms with Crippen molar-refractivity contribution in [3.05, 3.63) is 11.8 Å². The molecule has 14 heteroatoms. The fraction of sp³-hybridized carbons (Fsp3) is 0.692. The highest BCUT2D eigenvalue weighted by Crippen LogP contribution is 2.61. The standard InChI is InChI=1S/C13H16N6O7S/c20-11-14-4-6(15-11)9-16-17-10(25-9)7-3-13(1-2-13)8-5-18(7)12(21)19(8)26-27(22,23)24/h6-8H,1-5H2,(H2,14,15,20)(H,22,23,24)/t6?,7-,8-/m0/s1. The summed E-state index contributed by atoms with van der Waals surface area (Å²) < 4.78 is 41.5. The Hall–Kier alpha value is -2.45. The van der Waals surface area contributed by atoms with Crippen LogP contribution in [0.25, 0.3) is 0 Å². The van der Waals surface area contributed by atoms with Gasteiger partial charge in [0.2, 0.25) is 11.8 Å². The Labute approximate surface area is 152 Å². The third-order valence-electron chi connectivity index (χ3n) is 5.65. The van der Waals surface area contributed by atoms with E-state index < -0.39 is 34.6 Å². The van der Waals surface area contributed by atoms with Crippen LogP contribution in [0.2, 0.25) is 0 Å². The zero-order valence-corrected chi connectivity index (χ0v) is 14.7. The Bertz CT molecular complexity index is 927. The summed E-state index contributed by atoms with van der Waals surface area (Å²) in [5.41, 5.74) is -0.310. The van der Waals surface area contributed by atoms with Crippen molar-refractivity contribution in [2.75, 3.05) is 13.1 Å². The van der Waals surface area contributed by atoms with E-state index in [0.29, 0.717) is 13.0 Å². The topological polar surface area (TPSA) is 167 Å². The summed E-state index contributed by atoms with van der Waals surface area (Å²) >= 11 is 0. The smallest absolute Gasteiger partial charge is 0.418 e. The first-order valence-corrected chi connectivity index (χ1v) is 9.77. The number of carbonyl (C=O) groups excluding carboxylic acids is 2. The quantitative estimate of drug-likeness (QED) is 0.564. The molecule has 146 valence electrons. The number of hydrogen-bond donors (Lipinski definition) is 3. The molecule has 4 fully saturated rings. The zero-order valence-electron chi connectivity index (χ0n) is 13.9. The average molecular weight is 400 g/mol. The van der Waals surface area contributed by atoms with Crippen molar-refractivity contribution in [3.8, 4) is 0 Å². The van der Waals surface area contributed by atoms with Gasteiger partial charge in [0.1, 0.15) is 12.1 Å². The Morgan fingerprint density at radius 3 is 2.63 bits per heavy atom. The molecule has 5 rings (SSSR count). The SMILES string of the molecule is O=C1NCC(c2nnc([C@@H]3CC4(CC4)[C@@H]4CN3C(=O)N4OS(=O)(=O)O)o2)N1. The van der Waals surface area contributed by atoms with Gasteiger partial charge >= 0.3 is 22.5 Å². The van der Waals surface area contributed by atoms with Gasteiger partial charge < -0.3 is 20.0 Å². The van der Waals surface area contributed by atoms with Gasteiger partial charge in [-0.3, -0.25) is 4.55 Å². The van der Waals surface area contributed by atoms with Crippen molar-refractivity contribution in [1.82, 2.24) is 30.8 Å². The third kappa shape index (κ3) is 2.62. The van der Waals surface area contributed by atoms with Crippen molar-refractivity contribution in [2.45, 2.75) is 37.4 Å². The summed E-state index contributed by atoms with van der Waals surface area (Å²) in [7, 11) is -4.82. The summed E-state index contributed by atoms with van der Waals surface area (Å²) in [5, 5.41) is 14.0. The first-order valence-electron chi connectivity index (χ1n) is 8.40. The van der Waals surface area contributed by atoms with Gasteiger partial charge in [0.05, 0.1) is 6.04 Å². The predicted molar refractivity (Wildman–Crippen MR) is 83.0 cm³/mol. The maximum absolute atomic E-state index is 12.7. The molecule has 1 aromatic rings. The first kappa shape index (κ1) is 16.7. The minimum absolute atomic E-state index is 0.220. The molecule has 1 spiro atoms. The van der Waals surface area contributed by atoms with E-state index in [9.17, 15) is 18.0 Å². The molecule has 4 heterocycles. The van der Waals surface area contributed by atoms with E-state index in [1.54, 1.807) is 0 Å². The number of nitrogens with one attached hydrogen (secondary N) is 2. The maximum Gasteiger partial charge on any atom is 0.418 e. The molecule has 0 radical (unpaired) electrons. The summed E-state index contributed by atoms with van der Waals surface area (Å²) in [4.78, 5) is 25.3. The molecule has 1 aromatic heterocycles. The van der Waals surface area contributed by atoms with E-state index in [-0.39, 0.29) is 29.8 Å². The molecular weight excluding hydrogens is 384 g/mol. The molecule has 1 aliphatic carbocycles. The number of hydroxylamine groups is 2. The lowest BCUT2D eigenvalue weighted by Crippen LogP contribution is -2.43. The van der Waals surface area contributed by atoms with E-state index in [2.05, 4.69) is 25.1 Å². The van der Waals surface area contributed by atoms with Crippen molar-refractivity contribution < 1.29 is 31.3 Å². The fourth-order valence-corrected chi connectivity index (χ4v) is 4.53. The molecule has 3 aliphatic heterocycles. The van der Waals surface area contributed by atoms with Gasteiger partial charge in [-0.05, 0) is 24.7 Å². The van der Waals surface area contributed by atoms with Crippen molar-refractivity contribution in [2.24, 2.45) is 5.41 Å². The van der Waals surface area contributed by atoms with Crippen LogP contribution in [-0.4, -0.2) is 64.3 Å². The van der Waals surface area contributed by atoms with Crippen molar-refractivity contribution in [1.29, 1.82) is 0 Å². The van der Waals surface area contributed by atoms with Crippen LogP contribution in [0.15, 0.2) is 4.42 Å². The molecule has 13 nitrogen and oxygen atoms in total. The lowest BCUT2D eigenvalue weighted by atomic mass is 9.85. The van der Waals surface area contributed by atoms with Crippen LogP contribution in [-0.2, 0) is 14.7 Å². The Balaban J connectivity index is 1.43. The van der Waals surface area contributed by atoms with Gasteiger partial charge in [-0.2, -0.15) is 13.5 Å². The molecule has 3 atom stereocenters. The van der Waals surface area contributed by atoms with Gasteiger partial charge in [-0.1, -0.05) is 0 Å². The fourth-order valence-electron chi connectivity index (χ4n) is 4.16. The number of nitrogens with zero attached hydrogens (tertiary/aromatic N) is 4. The lowest BCUT2D eigenvalue weighted by molar-refractivity contribution is -0.0530. The number of amides is 4. The second-order valence-electron chi connectivity index (χ2n) is 7.25. The maximum atomic E-state index is 12.7. The molecule has 3 N–H and O–H groups in total. The Morgan fingerprint density at radius 2 is 2.00 bits per heavy atom. The van der Waals surface area contributed by atoms with Crippen LogP contribution in [0.3, 0.4) is 0 Å². The van der Waals surface area contributed by atoms with Crippen molar-refractivity contribution in [3.63, 3.8) is 0 Å². The lowest BCUT2D eigenvalue weighted by Gasteiger charge is -2.34. The summed E-state index contributed by atoms with van der Waals surface area (Å²) in [6.45, 7) is 0.550. The molecule has 4 amide bonds. The van der Waals surface area contributed by atoms with Crippen LogP contribution in [0.4, 0.5) is 9.59 Å². The molecule has 4 aliphatic rings. The Kier molecular flexibility index (Phi) is 3.28. The van der Waals surface area contributed by atoms with E-state index >= 15 is 0 Å². The first-order chi connectivity index (χ1) is 12.8. The zero-order chi connectivity index (χ0) is 19.0. The number of rotatable bonds is 4. The van der Waals surface area contributed by atoms with Gasteiger partial charge in [0.15, 0.2) is 0 Å². The number of piperidine rings is 1. The minimum Gasteiger partial charge on any atom is -0.421 e. The number of hydrogen-bond acceptors (Lipinski definition) is 8. The number of urea groups is 2. The van der Waals surface area contributed by atoms with Gasteiger partial charge in [-0.15, -0.1) is 14.5 Å². The van der Waals surface area contributed by atoms with Gasteiger partial charge in [-0.25, -0.2) is 9.59 Å². The molecule has 27 heavy (non-hydrogen) atoms. The minimum atomic E-state index is -4.82. The van der Waals surface area contributed by atoms with Crippen LogP contribution in [0, 0.1) is 5.41 Å². The highest BCUT2D eigenvalue weighted by molar-refractivity contribution is 7.80. The summed E-state index contributed by atoms with van der Waals surface area (Å²) in [6, 6.07) is -2.45. The van der Waals surface area contributed by atoms with E-state index in [0.717, 1.165) is 17.9 Å². The molecule has 2 bridgehead atoms. The average Bonchev–Trinajstić information content (AvgIpc) is 2.97. The largest absolute Gasteiger partial charge is 0.421 e. The van der Waals surface area contributed by atoms with Crippen molar-refractivity contribution >= 4 is 22.5 Å². The monoisotopic (exact) mass is 400 g/mol. The third-order valence-corrected chi connectivity index (χ3v) is 6.00. The van der Waals surface area contributed by atoms with E-state index in [1.165, 1.54) is 4.90 Å². The number of fused-ring (bicyclic) bond motifs is 3. The second kappa shape index (κ2) is 5.30. The molecular formula is C13H16N6O7S. The Morgan fingerprint density at radius 1 is 1.26 bits per heavy atom. The van der Waals surface area contributed by atoms with Gasteiger partial charge in [0, 0.05) is 13.1 Å². The summed E-state index contributed by atoms with van der Waals surface area (Å²) in [6.07, 6.45) is 2.11. The molecule has 0 aromatic carbocycles. The second-order valence-corrected chi connectivity index (χ2v) is 8.25. The number of aromatic nitrogens is 2. The summed E-state index contributed by atoms with van der Waals surface area (Å²) in [5.74, 6) is 0.450. The highest BCUT2D eigenvalue weighted by atomic mass is 32.3. The highest BCUT2D eigenvalue weighted by Gasteiger charge is 2.65. The molecule has 1 unspecified atom stereocenters. The van der Waals surface area contributed by atoms with Crippen LogP contribution < -0.4 is 10.6 Å². The predicted octanol–water partition coefficient (Wildman–Crippen LogP) is -0.511. The van der Waals surface area contributed by atoms with Gasteiger partial charge in [0.25, 0.3) is 0 Å². The van der Waals surface area contributed by atoms with E-state index in [1.807, 2.05) is 0 Å². The van der Waals surface area contributed by atoms with Crippen LogP contribution in [0.5, 0.6) is 0 Å². The normalized spacial score (nSPS) is 31.4.